The molecular formula is C14H24N2O2. The Labute approximate surface area is 109 Å². The first-order valence-corrected chi connectivity index (χ1v) is 7.07. The summed E-state index contributed by atoms with van der Waals surface area (Å²) < 4.78 is 0. The van der Waals surface area contributed by atoms with E-state index in [4.69, 9.17) is 0 Å². The van der Waals surface area contributed by atoms with Crippen molar-refractivity contribution in [3.05, 3.63) is 0 Å². The maximum atomic E-state index is 12.5. The minimum Gasteiger partial charge on any atom is -0.340 e. The predicted molar refractivity (Wildman–Crippen MR) is 69.9 cm³/mol. The van der Waals surface area contributed by atoms with Gasteiger partial charge in [0, 0.05) is 6.04 Å². The number of nitrogens with one attached hydrogen (secondary N) is 1. The van der Waals surface area contributed by atoms with Crippen LogP contribution in [0.4, 0.5) is 0 Å². The maximum absolute atomic E-state index is 12.5. The van der Waals surface area contributed by atoms with Crippen molar-refractivity contribution in [3.8, 4) is 0 Å². The van der Waals surface area contributed by atoms with Gasteiger partial charge >= 0.3 is 0 Å². The molecule has 102 valence electrons. The average molecular weight is 252 g/mol. The highest BCUT2D eigenvalue weighted by molar-refractivity contribution is 5.99. The van der Waals surface area contributed by atoms with E-state index in [2.05, 4.69) is 12.2 Å². The van der Waals surface area contributed by atoms with Crippen LogP contribution in [0.5, 0.6) is 0 Å². The van der Waals surface area contributed by atoms with Crippen LogP contribution in [0, 0.1) is 5.92 Å². The molecule has 1 aliphatic carbocycles. The highest BCUT2D eigenvalue weighted by Crippen LogP contribution is 2.42. The van der Waals surface area contributed by atoms with E-state index in [-0.39, 0.29) is 17.9 Å². The molecule has 1 saturated heterocycles. The van der Waals surface area contributed by atoms with Crippen LogP contribution < -0.4 is 5.32 Å². The third-order valence-electron chi connectivity index (χ3n) is 4.13. The molecule has 1 heterocycles. The van der Waals surface area contributed by atoms with E-state index in [1.54, 1.807) is 13.8 Å². The number of carbonyl (C=O) groups is 2. The van der Waals surface area contributed by atoms with Crippen molar-refractivity contribution in [2.24, 2.45) is 5.92 Å². The van der Waals surface area contributed by atoms with Crippen molar-refractivity contribution in [1.82, 2.24) is 10.2 Å². The molecule has 4 heteroatoms. The molecule has 0 aromatic heterocycles. The van der Waals surface area contributed by atoms with Crippen LogP contribution in [-0.4, -0.2) is 34.3 Å². The van der Waals surface area contributed by atoms with E-state index in [0.29, 0.717) is 18.4 Å². The second-order valence-corrected chi connectivity index (χ2v) is 6.10. The summed E-state index contributed by atoms with van der Waals surface area (Å²) in [5.41, 5.74) is -0.748. The largest absolute Gasteiger partial charge is 0.340 e. The third kappa shape index (κ3) is 2.13. The highest BCUT2D eigenvalue weighted by atomic mass is 16.2. The summed E-state index contributed by atoms with van der Waals surface area (Å²) in [5.74, 6) is 0.691. The minimum atomic E-state index is -0.748. The summed E-state index contributed by atoms with van der Waals surface area (Å²) >= 11 is 0. The third-order valence-corrected chi connectivity index (χ3v) is 4.13. The van der Waals surface area contributed by atoms with E-state index in [1.165, 1.54) is 0 Å². The Bertz CT molecular complexity index is 365. The van der Waals surface area contributed by atoms with Crippen molar-refractivity contribution in [3.63, 3.8) is 0 Å². The van der Waals surface area contributed by atoms with Gasteiger partial charge in [-0.15, -0.1) is 0 Å². The van der Waals surface area contributed by atoms with Gasteiger partial charge in [-0.25, -0.2) is 0 Å². The molecule has 2 aliphatic rings. The Morgan fingerprint density at radius 2 is 2.00 bits per heavy atom. The first kappa shape index (κ1) is 13.4. The SMILES string of the molecule is CCCC1CC1N1C(=O)C(C)(C)NC(=O)C1CC. The number of rotatable bonds is 4. The second kappa shape index (κ2) is 4.56. The van der Waals surface area contributed by atoms with Gasteiger partial charge in [0.15, 0.2) is 0 Å². The molecule has 4 nitrogen and oxygen atoms in total. The van der Waals surface area contributed by atoms with E-state index in [9.17, 15) is 9.59 Å². The van der Waals surface area contributed by atoms with Crippen LogP contribution in [0.25, 0.3) is 0 Å². The van der Waals surface area contributed by atoms with Crippen molar-refractivity contribution in [1.29, 1.82) is 0 Å². The van der Waals surface area contributed by atoms with Gasteiger partial charge in [-0.3, -0.25) is 9.59 Å². The smallest absolute Gasteiger partial charge is 0.248 e. The molecule has 0 bridgehead atoms. The first-order chi connectivity index (χ1) is 8.42. The van der Waals surface area contributed by atoms with E-state index in [1.807, 2.05) is 11.8 Å². The minimum absolute atomic E-state index is 0.00393. The second-order valence-electron chi connectivity index (χ2n) is 6.10. The summed E-state index contributed by atoms with van der Waals surface area (Å²) in [6.07, 6.45) is 4.07. The van der Waals surface area contributed by atoms with Gasteiger partial charge < -0.3 is 10.2 Å². The van der Waals surface area contributed by atoms with Gasteiger partial charge in [0.1, 0.15) is 11.6 Å². The molecule has 2 amide bonds. The summed E-state index contributed by atoms with van der Waals surface area (Å²) in [7, 11) is 0. The molecule has 3 unspecified atom stereocenters. The van der Waals surface area contributed by atoms with Crippen LogP contribution in [0.2, 0.25) is 0 Å². The van der Waals surface area contributed by atoms with E-state index < -0.39 is 5.54 Å². The molecule has 2 rings (SSSR count). The monoisotopic (exact) mass is 252 g/mol. The Kier molecular flexibility index (Phi) is 3.39. The lowest BCUT2D eigenvalue weighted by Gasteiger charge is -2.43. The lowest BCUT2D eigenvalue weighted by molar-refractivity contribution is -0.154. The number of piperazine rings is 1. The zero-order valence-electron chi connectivity index (χ0n) is 11.8. The van der Waals surface area contributed by atoms with Crippen LogP contribution >= 0.6 is 0 Å². The van der Waals surface area contributed by atoms with Gasteiger partial charge in [-0.1, -0.05) is 20.3 Å². The number of nitrogens with zero attached hydrogens (tertiary/aromatic N) is 1. The topological polar surface area (TPSA) is 49.4 Å². The zero-order valence-corrected chi connectivity index (χ0v) is 11.8. The number of hydrogen-bond donors (Lipinski definition) is 1. The summed E-state index contributed by atoms with van der Waals surface area (Å²) in [5, 5.41) is 2.84. The molecule has 0 aromatic carbocycles. The van der Waals surface area contributed by atoms with Gasteiger partial charge in [0.05, 0.1) is 0 Å². The molecule has 1 aliphatic heterocycles. The molecule has 0 aromatic rings. The number of hydrogen-bond acceptors (Lipinski definition) is 2. The van der Waals surface area contributed by atoms with Crippen LogP contribution in [-0.2, 0) is 9.59 Å². The summed E-state index contributed by atoms with van der Waals surface area (Å²) in [6, 6.07) is 0.0325. The molecule has 0 radical (unpaired) electrons. The van der Waals surface area contributed by atoms with Crippen molar-refractivity contribution >= 4 is 11.8 Å². The van der Waals surface area contributed by atoms with Gasteiger partial charge in [0.25, 0.3) is 0 Å². The van der Waals surface area contributed by atoms with Gasteiger partial charge in [-0.05, 0) is 39.0 Å². The van der Waals surface area contributed by atoms with E-state index in [0.717, 1.165) is 19.3 Å². The quantitative estimate of drug-likeness (QED) is 0.827. The predicted octanol–water partition coefficient (Wildman–Crippen LogP) is 1.69. The fraction of sp³-hybridized carbons (Fsp3) is 0.857. The summed E-state index contributed by atoms with van der Waals surface area (Å²) in [6.45, 7) is 7.73. The maximum Gasteiger partial charge on any atom is 0.248 e. The molecular weight excluding hydrogens is 228 g/mol. The van der Waals surface area contributed by atoms with Crippen LogP contribution in [0.3, 0.4) is 0 Å². The molecule has 0 spiro atoms. The number of carbonyl (C=O) groups excluding carboxylic acids is 2. The Morgan fingerprint density at radius 1 is 1.33 bits per heavy atom. The van der Waals surface area contributed by atoms with E-state index >= 15 is 0 Å². The fourth-order valence-corrected chi connectivity index (χ4v) is 3.05. The molecule has 3 atom stereocenters. The normalized spacial score (nSPS) is 34.4. The summed E-state index contributed by atoms with van der Waals surface area (Å²) in [4.78, 5) is 26.5. The zero-order chi connectivity index (χ0) is 13.5. The Balaban J connectivity index is 2.18. The average Bonchev–Trinajstić information content (AvgIpc) is 3.02. The standard InChI is InChI=1S/C14H24N2O2/c1-5-7-9-8-11(9)16-10(6-2)12(17)15-14(3,4)13(16)18/h9-11H,5-8H2,1-4H3,(H,15,17). The fourth-order valence-electron chi connectivity index (χ4n) is 3.05. The van der Waals surface area contributed by atoms with Gasteiger partial charge in [-0.2, -0.15) is 0 Å². The molecule has 2 fully saturated rings. The van der Waals surface area contributed by atoms with Crippen LogP contribution in [0.1, 0.15) is 53.4 Å². The molecule has 1 N–H and O–H groups in total. The Morgan fingerprint density at radius 3 is 2.56 bits per heavy atom. The van der Waals surface area contributed by atoms with Crippen molar-refractivity contribution in [2.75, 3.05) is 0 Å². The Hall–Kier alpha value is -1.06. The molecule has 18 heavy (non-hydrogen) atoms. The number of amides is 2. The first-order valence-electron chi connectivity index (χ1n) is 7.07. The van der Waals surface area contributed by atoms with Crippen LogP contribution in [0.15, 0.2) is 0 Å². The van der Waals surface area contributed by atoms with Crippen molar-refractivity contribution in [2.45, 2.75) is 71.0 Å². The lowest BCUT2D eigenvalue weighted by Crippen LogP contribution is -2.68. The lowest BCUT2D eigenvalue weighted by atomic mass is 9.95. The van der Waals surface area contributed by atoms with Crippen molar-refractivity contribution < 1.29 is 9.59 Å². The molecule has 1 saturated carbocycles. The highest BCUT2D eigenvalue weighted by Gasteiger charge is 2.53. The van der Waals surface area contributed by atoms with Gasteiger partial charge in [0.2, 0.25) is 11.8 Å².